The quantitative estimate of drug-likeness (QED) is 0.539. The van der Waals surface area contributed by atoms with Gasteiger partial charge in [-0.15, -0.1) is 0 Å². The van der Waals surface area contributed by atoms with Crippen LogP contribution in [0.3, 0.4) is 0 Å². The second-order valence-corrected chi connectivity index (χ2v) is 6.87. The molecule has 31 heavy (non-hydrogen) atoms. The van der Waals surface area contributed by atoms with Crippen LogP contribution in [0.5, 0.6) is 11.5 Å². The topological polar surface area (TPSA) is 76.7 Å². The third kappa shape index (κ3) is 5.85. The SMILES string of the molecule is CC[C@@H](Oc1ccccc1OC)C(=O)Nc1ccccc1C(=O)NCc1ccccc1. The highest BCUT2D eigenvalue weighted by Crippen LogP contribution is 2.27. The third-order valence-electron chi connectivity index (χ3n) is 4.73. The van der Waals surface area contributed by atoms with Gasteiger partial charge in [0.2, 0.25) is 0 Å². The number of anilines is 1. The Morgan fingerprint density at radius 3 is 2.23 bits per heavy atom. The number of hydrogen-bond donors (Lipinski definition) is 2. The Labute approximate surface area is 182 Å². The van der Waals surface area contributed by atoms with Crippen molar-refractivity contribution < 1.29 is 19.1 Å². The molecule has 0 saturated heterocycles. The second kappa shape index (κ2) is 10.8. The van der Waals surface area contributed by atoms with Crippen molar-refractivity contribution in [2.75, 3.05) is 12.4 Å². The van der Waals surface area contributed by atoms with Crippen LogP contribution in [-0.2, 0) is 11.3 Å². The number of carbonyl (C=O) groups is 2. The highest BCUT2D eigenvalue weighted by Gasteiger charge is 2.22. The molecule has 3 rings (SSSR count). The summed E-state index contributed by atoms with van der Waals surface area (Å²) in [5.74, 6) is 0.436. The van der Waals surface area contributed by atoms with E-state index in [2.05, 4.69) is 10.6 Å². The first-order valence-corrected chi connectivity index (χ1v) is 10.1. The van der Waals surface area contributed by atoms with Crippen LogP contribution in [0.15, 0.2) is 78.9 Å². The first kappa shape index (κ1) is 21.9. The fourth-order valence-electron chi connectivity index (χ4n) is 3.07. The van der Waals surface area contributed by atoms with E-state index in [1.54, 1.807) is 43.5 Å². The molecule has 0 unspecified atom stereocenters. The van der Waals surface area contributed by atoms with Crippen LogP contribution in [-0.4, -0.2) is 25.0 Å². The minimum atomic E-state index is -0.739. The molecule has 1 atom stereocenters. The summed E-state index contributed by atoms with van der Waals surface area (Å²) in [6.45, 7) is 2.26. The van der Waals surface area contributed by atoms with Crippen LogP contribution in [0.25, 0.3) is 0 Å². The summed E-state index contributed by atoms with van der Waals surface area (Å²) in [5.41, 5.74) is 1.81. The van der Waals surface area contributed by atoms with E-state index in [0.29, 0.717) is 35.7 Å². The summed E-state index contributed by atoms with van der Waals surface area (Å²) in [6.07, 6.45) is -0.288. The summed E-state index contributed by atoms with van der Waals surface area (Å²) >= 11 is 0. The normalized spacial score (nSPS) is 11.3. The van der Waals surface area contributed by atoms with E-state index >= 15 is 0 Å². The van der Waals surface area contributed by atoms with Gasteiger partial charge in [-0.05, 0) is 36.2 Å². The zero-order valence-electron chi connectivity index (χ0n) is 17.6. The monoisotopic (exact) mass is 418 g/mol. The number of hydrogen-bond acceptors (Lipinski definition) is 4. The zero-order chi connectivity index (χ0) is 22.1. The van der Waals surface area contributed by atoms with Crippen molar-refractivity contribution in [2.45, 2.75) is 26.0 Å². The molecule has 3 aromatic carbocycles. The zero-order valence-corrected chi connectivity index (χ0v) is 17.6. The molecule has 6 nitrogen and oxygen atoms in total. The molecule has 0 spiro atoms. The maximum Gasteiger partial charge on any atom is 0.265 e. The standard InChI is InChI=1S/C25H26N2O4/c1-3-21(31-23-16-10-9-15-22(23)30-2)25(29)27-20-14-8-7-13-19(20)24(28)26-17-18-11-5-4-6-12-18/h4-16,21H,3,17H2,1-2H3,(H,26,28)(H,27,29)/t21-/m1/s1. The van der Waals surface area contributed by atoms with Gasteiger partial charge in [0.25, 0.3) is 11.8 Å². The molecule has 0 aromatic heterocycles. The molecule has 0 aliphatic heterocycles. The first-order valence-electron chi connectivity index (χ1n) is 10.1. The molecule has 160 valence electrons. The highest BCUT2D eigenvalue weighted by molar-refractivity contribution is 6.04. The average molecular weight is 418 g/mol. The maximum absolute atomic E-state index is 12.9. The van der Waals surface area contributed by atoms with Crippen molar-refractivity contribution >= 4 is 17.5 Å². The smallest absolute Gasteiger partial charge is 0.265 e. The molecule has 0 aliphatic carbocycles. The number of rotatable bonds is 9. The molecular formula is C25H26N2O4. The lowest BCUT2D eigenvalue weighted by atomic mass is 10.1. The summed E-state index contributed by atoms with van der Waals surface area (Å²) in [6, 6.07) is 23.7. The number of carbonyl (C=O) groups excluding carboxylic acids is 2. The summed E-state index contributed by atoms with van der Waals surface area (Å²) in [7, 11) is 1.55. The van der Waals surface area contributed by atoms with E-state index in [-0.39, 0.29) is 11.8 Å². The summed E-state index contributed by atoms with van der Waals surface area (Å²) < 4.78 is 11.2. The van der Waals surface area contributed by atoms with E-state index in [1.807, 2.05) is 49.4 Å². The molecule has 0 heterocycles. The van der Waals surface area contributed by atoms with Crippen LogP contribution in [0.1, 0.15) is 29.3 Å². The molecule has 3 aromatic rings. The fraction of sp³-hybridized carbons (Fsp3) is 0.200. The fourth-order valence-corrected chi connectivity index (χ4v) is 3.07. The number of benzene rings is 3. The molecular weight excluding hydrogens is 392 g/mol. The van der Waals surface area contributed by atoms with Gasteiger partial charge in [-0.2, -0.15) is 0 Å². The van der Waals surface area contributed by atoms with Gasteiger partial charge in [0, 0.05) is 6.54 Å². The molecule has 0 bridgehead atoms. The molecule has 0 radical (unpaired) electrons. The molecule has 2 N–H and O–H groups in total. The van der Waals surface area contributed by atoms with E-state index in [4.69, 9.17) is 9.47 Å². The van der Waals surface area contributed by atoms with Gasteiger partial charge in [0.1, 0.15) is 0 Å². The average Bonchev–Trinajstić information content (AvgIpc) is 2.82. The number of nitrogens with one attached hydrogen (secondary N) is 2. The van der Waals surface area contributed by atoms with E-state index < -0.39 is 6.10 Å². The maximum atomic E-state index is 12.9. The van der Waals surface area contributed by atoms with Crippen molar-refractivity contribution in [2.24, 2.45) is 0 Å². The van der Waals surface area contributed by atoms with Gasteiger partial charge in [0.15, 0.2) is 17.6 Å². The number of methoxy groups -OCH3 is 1. The van der Waals surface area contributed by atoms with Crippen molar-refractivity contribution in [1.82, 2.24) is 5.32 Å². The summed E-state index contributed by atoms with van der Waals surface area (Å²) in [5, 5.41) is 5.72. The Hall–Kier alpha value is -3.80. The number of amides is 2. The number of para-hydroxylation sites is 3. The van der Waals surface area contributed by atoms with Crippen LogP contribution in [0.2, 0.25) is 0 Å². The van der Waals surface area contributed by atoms with E-state index in [0.717, 1.165) is 5.56 Å². The Kier molecular flexibility index (Phi) is 7.65. The highest BCUT2D eigenvalue weighted by atomic mass is 16.5. The van der Waals surface area contributed by atoms with Crippen LogP contribution in [0, 0.1) is 0 Å². The first-order chi connectivity index (χ1) is 15.1. The van der Waals surface area contributed by atoms with Crippen molar-refractivity contribution in [1.29, 1.82) is 0 Å². The minimum Gasteiger partial charge on any atom is -0.493 e. The number of ether oxygens (including phenoxy) is 2. The predicted molar refractivity (Wildman–Crippen MR) is 120 cm³/mol. The summed E-state index contributed by atoms with van der Waals surface area (Å²) in [4.78, 5) is 25.6. The second-order valence-electron chi connectivity index (χ2n) is 6.87. The van der Waals surface area contributed by atoms with Gasteiger partial charge in [0.05, 0.1) is 18.4 Å². The van der Waals surface area contributed by atoms with Gasteiger partial charge in [-0.1, -0.05) is 61.5 Å². The Balaban J connectivity index is 1.69. The minimum absolute atomic E-state index is 0.265. The largest absolute Gasteiger partial charge is 0.493 e. The van der Waals surface area contributed by atoms with Crippen LogP contribution in [0.4, 0.5) is 5.69 Å². The van der Waals surface area contributed by atoms with Crippen molar-refractivity contribution in [3.63, 3.8) is 0 Å². The van der Waals surface area contributed by atoms with Gasteiger partial charge in [-0.3, -0.25) is 9.59 Å². The van der Waals surface area contributed by atoms with Crippen LogP contribution < -0.4 is 20.1 Å². The van der Waals surface area contributed by atoms with E-state index in [9.17, 15) is 9.59 Å². The lowest BCUT2D eigenvalue weighted by Crippen LogP contribution is -2.33. The van der Waals surface area contributed by atoms with Crippen LogP contribution >= 0.6 is 0 Å². The van der Waals surface area contributed by atoms with Gasteiger partial charge < -0.3 is 20.1 Å². The van der Waals surface area contributed by atoms with Crippen molar-refractivity contribution in [3.8, 4) is 11.5 Å². The molecule has 2 amide bonds. The lowest BCUT2D eigenvalue weighted by molar-refractivity contribution is -0.122. The molecule has 0 saturated carbocycles. The molecule has 0 fully saturated rings. The Bertz CT molecular complexity index is 1020. The third-order valence-corrected chi connectivity index (χ3v) is 4.73. The Morgan fingerprint density at radius 2 is 1.52 bits per heavy atom. The van der Waals surface area contributed by atoms with Gasteiger partial charge in [-0.25, -0.2) is 0 Å². The molecule has 0 aliphatic rings. The predicted octanol–water partition coefficient (Wildman–Crippen LogP) is 4.42. The van der Waals surface area contributed by atoms with Gasteiger partial charge >= 0.3 is 0 Å². The van der Waals surface area contributed by atoms with E-state index in [1.165, 1.54) is 0 Å². The molecule has 6 heteroatoms. The van der Waals surface area contributed by atoms with Crippen molar-refractivity contribution in [3.05, 3.63) is 90.0 Å². The lowest BCUT2D eigenvalue weighted by Gasteiger charge is -2.19. The Morgan fingerprint density at radius 1 is 0.871 bits per heavy atom.